The number of rotatable bonds is 2. The number of aryl methyl sites for hydroxylation is 1. The highest BCUT2D eigenvalue weighted by Crippen LogP contribution is 2.25. The number of nitrogens with zero attached hydrogens (tertiary/aromatic N) is 4. The van der Waals surface area contributed by atoms with Gasteiger partial charge in [-0.25, -0.2) is 9.31 Å². The summed E-state index contributed by atoms with van der Waals surface area (Å²) >= 11 is 0. The van der Waals surface area contributed by atoms with Crippen LogP contribution in [0.5, 0.6) is 0 Å². The number of amides is 3. The average Bonchev–Trinajstić information content (AvgIpc) is 2.95. The zero-order chi connectivity index (χ0) is 15.3. The maximum atomic E-state index is 12.2. The lowest BCUT2D eigenvalue weighted by atomic mass is 10.2. The standard InChI is InChI=1S/C14H17N5O2/c1-8-4-10-6-11(9(2)15)16-19(10)12(5-8)18-7-13(20)17(3)14(18)21/h4-6,9H,7,15H2,1-3H3. The predicted octanol–water partition coefficient (Wildman–Crippen LogP) is 1.06. The smallest absolute Gasteiger partial charge is 0.323 e. The Kier molecular flexibility index (Phi) is 2.94. The molecule has 0 saturated carbocycles. The molecule has 3 amide bonds. The van der Waals surface area contributed by atoms with E-state index in [1.165, 1.54) is 11.9 Å². The molecular formula is C14H17N5O2. The van der Waals surface area contributed by atoms with Crippen molar-refractivity contribution < 1.29 is 9.59 Å². The molecule has 0 bridgehead atoms. The van der Waals surface area contributed by atoms with Crippen LogP contribution < -0.4 is 10.6 Å². The van der Waals surface area contributed by atoms with Gasteiger partial charge in [0.2, 0.25) is 0 Å². The Morgan fingerprint density at radius 1 is 1.29 bits per heavy atom. The summed E-state index contributed by atoms with van der Waals surface area (Å²) in [7, 11) is 1.48. The van der Waals surface area contributed by atoms with E-state index in [0.29, 0.717) is 5.82 Å². The molecule has 0 aromatic carbocycles. The fourth-order valence-corrected chi connectivity index (χ4v) is 2.43. The second kappa shape index (κ2) is 4.56. The van der Waals surface area contributed by atoms with E-state index in [1.54, 1.807) is 4.52 Å². The number of anilines is 1. The molecule has 1 unspecified atom stereocenters. The summed E-state index contributed by atoms with van der Waals surface area (Å²) in [6.07, 6.45) is 0. The van der Waals surface area contributed by atoms with Gasteiger partial charge >= 0.3 is 6.03 Å². The molecule has 3 heterocycles. The molecule has 110 valence electrons. The van der Waals surface area contributed by atoms with E-state index < -0.39 is 0 Å². The molecule has 7 nitrogen and oxygen atoms in total. The van der Waals surface area contributed by atoms with Crippen LogP contribution in [0.3, 0.4) is 0 Å². The van der Waals surface area contributed by atoms with E-state index in [1.807, 2.05) is 32.0 Å². The zero-order valence-electron chi connectivity index (χ0n) is 12.2. The highest BCUT2D eigenvalue weighted by molar-refractivity contribution is 6.11. The van der Waals surface area contributed by atoms with Crippen LogP contribution in [0.15, 0.2) is 18.2 Å². The number of aromatic nitrogens is 2. The van der Waals surface area contributed by atoms with Crippen LogP contribution in [-0.4, -0.2) is 40.0 Å². The van der Waals surface area contributed by atoms with Crippen molar-refractivity contribution in [1.29, 1.82) is 0 Å². The molecule has 2 aromatic heterocycles. The summed E-state index contributed by atoms with van der Waals surface area (Å²) in [5, 5.41) is 4.45. The van der Waals surface area contributed by atoms with Crippen molar-refractivity contribution in [2.75, 3.05) is 18.5 Å². The number of imide groups is 1. The van der Waals surface area contributed by atoms with Crippen molar-refractivity contribution in [2.45, 2.75) is 19.9 Å². The summed E-state index contributed by atoms with van der Waals surface area (Å²) in [6.45, 7) is 3.82. The van der Waals surface area contributed by atoms with Crippen LogP contribution in [0.25, 0.3) is 5.52 Å². The molecule has 21 heavy (non-hydrogen) atoms. The van der Waals surface area contributed by atoms with Gasteiger partial charge in [0.05, 0.1) is 11.2 Å². The van der Waals surface area contributed by atoms with Crippen molar-refractivity contribution in [3.63, 3.8) is 0 Å². The van der Waals surface area contributed by atoms with Gasteiger partial charge in [-0.15, -0.1) is 0 Å². The van der Waals surface area contributed by atoms with Crippen molar-refractivity contribution in [1.82, 2.24) is 14.5 Å². The van der Waals surface area contributed by atoms with Crippen LogP contribution in [0.1, 0.15) is 24.2 Å². The summed E-state index contributed by atoms with van der Waals surface area (Å²) in [4.78, 5) is 26.4. The molecule has 3 rings (SSSR count). The minimum atomic E-state index is -0.343. The van der Waals surface area contributed by atoms with E-state index >= 15 is 0 Å². The number of nitrogens with two attached hydrogens (primary N) is 1. The van der Waals surface area contributed by atoms with Crippen LogP contribution in [0.2, 0.25) is 0 Å². The van der Waals surface area contributed by atoms with Gasteiger partial charge in [0.25, 0.3) is 5.91 Å². The van der Waals surface area contributed by atoms with Gasteiger partial charge in [0.15, 0.2) is 0 Å². The van der Waals surface area contributed by atoms with E-state index in [9.17, 15) is 9.59 Å². The maximum Gasteiger partial charge on any atom is 0.332 e. The molecule has 2 N–H and O–H groups in total. The fourth-order valence-electron chi connectivity index (χ4n) is 2.43. The molecule has 1 fully saturated rings. The van der Waals surface area contributed by atoms with E-state index in [4.69, 9.17) is 5.73 Å². The Morgan fingerprint density at radius 2 is 2.00 bits per heavy atom. The van der Waals surface area contributed by atoms with Gasteiger partial charge < -0.3 is 5.73 Å². The van der Waals surface area contributed by atoms with Crippen LogP contribution in [0, 0.1) is 6.92 Å². The molecule has 1 aliphatic heterocycles. The van der Waals surface area contributed by atoms with Crippen LogP contribution in [-0.2, 0) is 4.79 Å². The number of carbonyl (C=O) groups is 2. The third-order valence-corrected chi connectivity index (χ3v) is 3.63. The Hall–Kier alpha value is -2.41. The molecule has 1 saturated heterocycles. The molecular weight excluding hydrogens is 270 g/mol. The number of carbonyl (C=O) groups excluding carboxylic acids is 2. The fraction of sp³-hybridized carbons (Fsp3) is 0.357. The first kappa shape index (κ1) is 13.6. The number of fused-ring (bicyclic) bond motifs is 1. The minimum Gasteiger partial charge on any atom is -0.323 e. The summed E-state index contributed by atoms with van der Waals surface area (Å²) in [6, 6.07) is 5.16. The zero-order valence-corrected chi connectivity index (χ0v) is 12.2. The number of hydrogen-bond donors (Lipinski definition) is 1. The highest BCUT2D eigenvalue weighted by Gasteiger charge is 2.35. The van der Waals surface area contributed by atoms with Gasteiger partial charge in [-0.05, 0) is 37.6 Å². The molecule has 0 radical (unpaired) electrons. The quantitative estimate of drug-likeness (QED) is 0.837. The highest BCUT2D eigenvalue weighted by atomic mass is 16.2. The molecule has 1 atom stereocenters. The first-order valence-electron chi connectivity index (χ1n) is 6.72. The van der Waals surface area contributed by atoms with Gasteiger partial charge in [-0.3, -0.25) is 14.6 Å². The van der Waals surface area contributed by atoms with E-state index in [0.717, 1.165) is 21.7 Å². The number of urea groups is 1. The lowest BCUT2D eigenvalue weighted by Crippen LogP contribution is -2.31. The third-order valence-electron chi connectivity index (χ3n) is 3.63. The van der Waals surface area contributed by atoms with Gasteiger partial charge in [0.1, 0.15) is 12.4 Å². The SMILES string of the molecule is Cc1cc(N2CC(=O)N(C)C2=O)n2nc(C(C)N)cc2c1. The van der Waals surface area contributed by atoms with E-state index in [-0.39, 0.29) is 24.5 Å². The number of likely N-dealkylation sites (N-methyl/N-ethyl adjacent to an activating group) is 1. The second-order valence-electron chi connectivity index (χ2n) is 5.41. The Bertz CT molecular complexity index is 749. The molecule has 0 spiro atoms. The normalized spacial score (nSPS) is 17.1. The maximum absolute atomic E-state index is 12.2. The van der Waals surface area contributed by atoms with Gasteiger partial charge in [-0.2, -0.15) is 5.10 Å². The van der Waals surface area contributed by atoms with Crippen molar-refractivity contribution in [2.24, 2.45) is 5.73 Å². The van der Waals surface area contributed by atoms with E-state index in [2.05, 4.69) is 5.10 Å². The van der Waals surface area contributed by atoms with Crippen LogP contribution >= 0.6 is 0 Å². The van der Waals surface area contributed by atoms with Gasteiger partial charge in [0, 0.05) is 13.1 Å². The van der Waals surface area contributed by atoms with Crippen molar-refractivity contribution in [3.8, 4) is 0 Å². The predicted molar refractivity (Wildman–Crippen MR) is 78.0 cm³/mol. The average molecular weight is 287 g/mol. The lowest BCUT2D eigenvalue weighted by molar-refractivity contribution is -0.123. The summed E-state index contributed by atoms with van der Waals surface area (Å²) in [5.74, 6) is 0.355. The Labute approximate surface area is 121 Å². The second-order valence-corrected chi connectivity index (χ2v) is 5.41. The molecule has 1 aliphatic rings. The molecule has 7 heteroatoms. The first-order chi connectivity index (χ1) is 9.88. The largest absolute Gasteiger partial charge is 0.332 e. The third kappa shape index (κ3) is 2.06. The van der Waals surface area contributed by atoms with Crippen molar-refractivity contribution >= 4 is 23.3 Å². The number of hydrogen-bond acceptors (Lipinski definition) is 4. The first-order valence-corrected chi connectivity index (χ1v) is 6.72. The number of pyridine rings is 1. The summed E-state index contributed by atoms with van der Waals surface area (Å²) < 4.78 is 1.66. The van der Waals surface area contributed by atoms with Crippen LogP contribution in [0.4, 0.5) is 10.6 Å². The lowest BCUT2D eigenvalue weighted by Gasteiger charge is -2.16. The Morgan fingerprint density at radius 3 is 2.57 bits per heavy atom. The topological polar surface area (TPSA) is 83.9 Å². The minimum absolute atomic E-state index is 0.0290. The van der Waals surface area contributed by atoms with Crippen molar-refractivity contribution in [3.05, 3.63) is 29.5 Å². The summed E-state index contributed by atoms with van der Waals surface area (Å²) in [5.41, 5.74) is 8.46. The molecule has 2 aromatic rings. The Balaban J connectivity index is 2.18. The van der Waals surface area contributed by atoms with Gasteiger partial charge in [-0.1, -0.05) is 0 Å². The monoisotopic (exact) mass is 287 g/mol. The molecule has 0 aliphatic carbocycles.